The molecule has 1 aromatic heterocycles. The summed E-state index contributed by atoms with van der Waals surface area (Å²) in [5.74, 6) is 2.86. The minimum absolute atomic E-state index is 0.121. The van der Waals surface area contributed by atoms with Gasteiger partial charge in [0.2, 0.25) is 5.69 Å². The van der Waals surface area contributed by atoms with Crippen LogP contribution in [0, 0.1) is 23.7 Å². The summed E-state index contributed by atoms with van der Waals surface area (Å²) in [7, 11) is 2.21. The third-order valence-corrected chi connectivity index (χ3v) is 9.87. The molecule has 0 spiro atoms. The van der Waals surface area contributed by atoms with Crippen LogP contribution in [-0.4, -0.2) is 0 Å². The van der Waals surface area contributed by atoms with Crippen LogP contribution in [0.25, 0.3) is 43.6 Å². The molecule has 0 bridgehead atoms. The number of nitrogens with zero attached hydrogens (tertiary/aromatic N) is 1. The van der Waals surface area contributed by atoms with E-state index < -0.39 is 0 Å². The van der Waals surface area contributed by atoms with Crippen molar-refractivity contribution in [1.82, 2.24) is 0 Å². The quantitative estimate of drug-likeness (QED) is 0.152. The maximum Gasteiger partial charge on any atom is 0.228 e. The first-order chi connectivity index (χ1) is 20.4. The van der Waals surface area contributed by atoms with Crippen LogP contribution in [0.2, 0.25) is 0 Å². The summed E-state index contributed by atoms with van der Waals surface area (Å²) in [5, 5.41) is 8.01. The zero-order valence-electron chi connectivity index (χ0n) is 27.6. The molecule has 2 aliphatic rings. The number of aromatic nitrogens is 1. The minimum Gasteiger partial charge on any atom is -0.455 e. The highest BCUT2D eigenvalue weighted by Crippen LogP contribution is 2.53. The Labute approximate surface area is 258 Å². The maximum atomic E-state index is 7.15. The number of pyridine rings is 1. The molecule has 0 saturated heterocycles. The molecule has 0 radical (unpaired) electrons. The smallest absolute Gasteiger partial charge is 0.228 e. The Kier molecular flexibility index (Phi) is 6.65. The highest BCUT2D eigenvalue weighted by Gasteiger charge is 2.35. The number of aryl methyl sites for hydroxylation is 2. The van der Waals surface area contributed by atoms with Crippen molar-refractivity contribution < 1.29 is 9.30 Å². The molecule has 1 aliphatic carbocycles. The summed E-state index contributed by atoms with van der Waals surface area (Å²) in [6.45, 7) is 16.3. The first-order valence-electron chi connectivity index (χ1n) is 16.5. The molecule has 0 amide bonds. The second kappa shape index (κ2) is 10.1. The van der Waals surface area contributed by atoms with Crippen molar-refractivity contribution in [2.45, 2.75) is 93.4 Å². The zero-order chi connectivity index (χ0) is 30.3. The van der Waals surface area contributed by atoms with E-state index in [1.165, 1.54) is 97.9 Å². The highest BCUT2D eigenvalue weighted by molar-refractivity contribution is 6.17. The van der Waals surface area contributed by atoms with Gasteiger partial charge in [-0.25, -0.2) is 4.57 Å². The topological polar surface area (TPSA) is 13.1 Å². The molecular formula is C41H48NO+. The Hall–Kier alpha value is -3.39. The molecule has 2 heterocycles. The fourth-order valence-electron chi connectivity index (χ4n) is 8.14. The molecule has 2 heteroatoms. The minimum atomic E-state index is 0.121. The van der Waals surface area contributed by atoms with Crippen molar-refractivity contribution in [3.63, 3.8) is 0 Å². The van der Waals surface area contributed by atoms with Crippen LogP contribution in [-0.2, 0) is 26.3 Å². The van der Waals surface area contributed by atoms with E-state index in [-0.39, 0.29) is 10.8 Å². The highest BCUT2D eigenvalue weighted by atomic mass is 16.5. The second-order valence-corrected chi connectivity index (χ2v) is 16.1. The van der Waals surface area contributed by atoms with Gasteiger partial charge in [0.25, 0.3) is 0 Å². The van der Waals surface area contributed by atoms with Crippen molar-refractivity contribution in [3.8, 4) is 22.8 Å². The number of ether oxygens (including phenoxy) is 1. The van der Waals surface area contributed by atoms with E-state index in [1.807, 2.05) is 0 Å². The van der Waals surface area contributed by atoms with E-state index in [4.69, 9.17) is 4.74 Å². The molecular weight excluding hydrogens is 522 g/mol. The Balaban J connectivity index is 1.54. The number of fused-ring (bicyclic) bond motifs is 5. The molecule has 222 valence electrons. The van der Waals surface area contributed by atoms with Gasteiger partial charge in [-0.05, 0) is 87.2 Å². The van der Waals surface area contributed by atoms with Crippen LogP contribution in [0.4, 0.5) is 0 Å². The van der Waals surface area contributed by atoms with Gasteiger partial charge in [0.05, 0.1) is 10.9 Å². The third kappa shape index (κ3) is 5.01. The van der Waals surface area contributed by atoms with E-state index in [1.54, 1.807) is 0 Å². The fourth-order valence-corrected chi connectivity index (χ4v) is 8.14. The molecule has 7 rings (SSSR count). The maximum absolute atomic E-state index is 7.15. The molecule has 0 N–H and O–H groups in total. The van der Waals surface area contributed by atoms with Crippen molar-refractivity contribution in [3.05, 3.63) is 77.0 Å². The van der Waals surface area contributed by atoms with Crippen molar-refractivity contribution in [1.29, 1.82) is 0 Å². The predicted octanol–water partition coefficient (Wildman–Crippen LogP) is 11.0. The summed E-state index contributed by atoms with van der Waals surface area (Å²) >= 11 is 0. The summed E-state index contributed by atoms with van der Waals surface area (Å²) in [6, 6.07) is 18.8. The normalized spacial score (nSPS) is 15.4. The van der Waals surface area contributed by atoms with Crippen LogP contribution in [0.15, 0.2) is 54.7 Å². The van der Waals surface area contributed by atoms with Gasteiger partial charge in [-0.15, -0.1) is 0 Å². The zero-order valence-corrected chi connectivity index (χ0v) is 27.6. The van der Waals surface area contributed by atoms with Gasteiger partial charge in [0.1, 0.15) is 18.5 Å². The third-order valence-electron chi connectivity index (χ3n) is 9.87. The van der Waals surface area contributed by atoms with Crippen molar-refractivity contribution in [2.75, 3.05) is 0 Å². The monoisotopic (exact) mass is 570 g/mol. The van der Waals surface area contributed by atoms with Crippen LogP contribution in [0.1, 0.15) is 89.5 Å². The van der Waals surface area contributed by atoms with Gasteiger partial charge in [0, 0.05) is 17.0 Å². The summed E-state index contributed by atoms with van der Waals surface area (Å²) in [5.41, 5.74) is 8.49. The molecule has 5 aromatic rings. The number of hydrogen-bond donors (Lipinski definition) is 0. The van der Waals surface area contributed by atoms with Gasteiger partial charge >= 0.3 is 0 Å². The van der Waals surface area contributed by atoms with E-state index in [0.29, 0.717) is 0 Å². The average Bonchev–Trinajstić information content (AvgIpc) is 3.44. The van der Waals surface area contributed by atoms with E-state index in [2.05, 4.69) is 115 Å². The molecule has 1 aliphatic heterocycles. The summed E-state index contributed by atoms with van der Waals surface area (Å²) in [4.78, 5) is 0. The molecule has 1 saturated carbocycles. The first-order valence-corrected chi connectivity index (χ1v) is 16.5. The van der Waals surface area contributed by atoms with Crippen LogP contribution >= 0.6 is 0 Å². The predicted molar refractivity (Wildman–Crippen MR) is 182 cm³/mol. The number of rotatable bonds is 4. The Bertz CT molecular complexity index is 1910. The van der Waals surface area contributed by atoms with Gasteiger partial charge in [0.15, 0.2) is 6.20 Å². The number of hydrogen-bond acceptors (Lipinski definition) is 1. The number of benzene rings is 4. The van der Waals surface area contributed by atoms with Gasteiger partial charge in [-0.3, -0.25) is 0 Å². The summed E-state index contributed by atoms with van der Waals surface area (Å²) < 4.78 is 9.49. The lowest BCUT2D eigenvalue weighted by molar-refractivity contribution is -0.659. The van der Waals surface area contributed by atoms with Gasteiger partial charge in [-0.2, -0.15) is 0 Å². The lowest BCUT2D eigenvalue weighted by Crippen LogP contribution is -2.32. The second-order valence-electron chi connectivity index (χ2n) is 16.1. The Morgan fingerprint density at radius 2 is 1.56 bits per heavy atom. The van der Waals surface area contributed by atoms with Crippen molar-refractivity contribution in [2.24, 2.45) is 23.8 Å². The summed E-state index contributed by atoms with van der Waals surface area (Å²) in [6.07, 6.45) is 11.0. The first kappa shape index (κ1) is 28.4. The fraction of sp³-hybridized carbons (Fsp3) is 0.439. The lowest BCUT2D eigenvalue weighted by atomic mass is 9.80. The van der Waals surface area contributed by atoms with Crippen LogP contribution in [0.5, 0.6) is 11.5 Å². The van der Waals surface area contributed by atoms with E-state index >= 15 is 0 Å². The van der Waals surface area contributed by atoms with Gasteiger partial charge in [-0.1, -0.05) is 104 Å². The Morgan fingerprint density at radius 1 is 0.814 bits per heavy atom. The van der Waals surface area contributed by atoms with E-state index in [0.717, 1.165) is 30.3 Å². The largest absolute Gasteiger partial charge is 0.455 e. The standard InChI is InChI=1S/C41H48NO/c1-25-32-21-27(23-40(2,3)4)16-17-30(32)33(24-41(5,6)7)39-35(25)38-37-31(18-19-42(38)8)36-28(20-26-12-9-10-13-26)14-11-15-29(36)22-34(37)43-39/h11,14-19,21-22,26H,9-10,12-13,20,23-24H2,1-8H3/q+1. The molecule has 4 aromatic carbocycles. The SMILES string of the molecule is Cc1c2c(c(CC(C)(C)C)c3ccc(CC(C)(C)C)cc13)Oc1cc3cccc(CC4CCCC4)c3c3cc[n+](C)c-2c13. The molecule has 0 atom stereocenters. The molecule has 43 heavy (non-hydrogen) atoms. The van der Waals surface area contributed by atoms with Gasteiger partial charge < -0.3 is 4.74 Å². The van der Waals surface area contributed by atoms with Crippen LogP contribution in [0.3, 0.4) is 0 Å². The van der Waals surface area contributed by atoms with Crippen molar-refractivity contribution >= 4 is 32.3 Å². The molecule has 2 nitrogen and oxygen atoms in total. The molecule has 0 unspecified atom stereocenters. The van der Waals surface area contributed by atoms with E-state index in [9.17, 15) is 0 Å². The Morgan fingerprint density at radius 3 is 2.28 bits per heavy atom. The van der Waals surface area contributed by atoms with Crippen LogP contribution < -0.4 is 9.30 Å². The molecule has 1 fully saturated rings. The average molecular weight is 571 g/mol. The lowest BCUT2D eigenvalue weighted by Gasteiger charge is -2.29.